The smallest absolute Gasteiger partial charge is 0.290 e. The minimum absolute atomic E-state index is 0.169. The van der Waals surface area contributed by atoms with Crippen molar-refractivity contribution in [1.29, 1.82) is 0 Å². The Morgan fingerprint density at radius 2 is 1.67 bits per heavy atom. The topological polar surface area (TPSA) is 57.6 Å². The number of amides is 1. The highest BCUT2D eigenvalue weighted by atomic mass is 16.3. The zero-order valence-corrected chi connectivity index (χ0v) is 15.6. The molecular weight excluding hydrogens is 338 g/mol. The van der Waals surface area contributed by atoms with E-state index < -0.39 is 17.7 Å². The van der Waals surface area contributed by atoms with Crippen LogP contribution in [-0.2, 0) is 16.0 Å². The molecule has 4 heteroatoms. The van der Waals surface area contributed by atoms with Crippen molar-refractivity contribution in [3.8, 4) is 0 Å². The van der Waals surface area contributed by atoms with Gasteiger partial charge >= 0.3 is 0 Å². The number of aliphatic hydroxyl groups excluding tert-OH is 1. The van der Waals surface area contributed by atoms with Gasteiger partial charge in [0.05, 0.1) is 11.6 Å². The van der Waals surface area contributed by atoms with Crippen molar-refractivity contribution >= 4 is 11.7 Å². The van der Waals surface area contributed by atoms with Crippen LogP contribution in [0.2, 0.25) is 0 Å². The maximum atomic E-state index is 13.0. The molecular formula is C23H25NO3. The summed E-state index contributed by atoms with van der Waals surface area (Å²) in [5.41, 5.74) is 2.15. The first kappa shape index (κ1) is 18.9. The van der Waals surface area contributed by atoms with Crippen LogP contribution < -0.4 is 0 Å². The first-order valence-corrected chi connectivity index (χ1v) is 9.49. The summed E-state index contributed by atoms with van der Waals surface area (Å²) in [4.78, 5) is 27.3. The quantitative estimate of drug-likeness (QED) is 0.757. The Kier molecular flexibility index (Phi) is 6.07. The third-order valence-electron chi connectivity index (χ3n) is 4.96. The van der Waals surface area contributed by atoms with Crippen LogP contribution in [0.25, 0.3) is 0 Å². The van der Waals surface area contributed by atoms with Crippen LogP contribution in [0.5, 0.6) is 0 Å². The molecule has 1 amide bonds. The van der Waals surface area contributed by atoms with Crippen molar-refractivity contribution in [2.75, 3.05) is 6.54 Å². The first-order chi connectivity index (χ1) is 13.1. The van der Waals surface area contributed by atoms with Gasteiger partial charge in [-0.15, -0.1) is 0 Å². The number of ketones is 1. The third kappa shape index (κ3) is 4.11. The lowest BCUT2D eigenvalue weighted by Crippen LogP contribution is -2.32. The minimum atomic E-state index is -0.506. The Hall–Kier alpha value is -2.88. The van der Waals surface area contributed by atoms with E-state index in [1.54, 1.807) is 4.90 Å². The van der Waals surface area contributed by atoms with Gasteiger partial charge in [0.1, 0.15) is 0 Å². The highest BCUT2D eigenvalue weighted by molar-refractivity contribution is 6.09. The van der Waals surface area contributed by atoms with Gasteiger partial charge in [0.25, 0.3) is 5.91 Å². The van der Waals surface area contributed by atoms with Crippen LogP contribution in [-0.4, -0.2) is 28.2 Å². The van der Waals surface area contributed by atoms with Crippen molar-refractivity contribution < 1.29 is 14.7 Å². The fourth-order valence-corrected chi connectivity index (χ4v) is 3.52. The van der Waals surface area contributed by atoms with E-state index in [9.17, 15) is 14.7 Å². The number of nitrogens with zero attached hydrogens (tertiary/aromatic N) is 1. The van der Waals surface area contributed by atoms with Crippen LogP contribution in [0.1, 0.15) is 43.4 Å². The number of rotatable bonds is 8. The van der Waals surface area contributed by atoms with Gasteiger partial charge in [-0.05, 0) is 24.0 Å². The number of aryl methyl sites for hydroxylation is 1. The second-order valence-corrected chi connectivity index (χ2v) is 6.84. The molecule has 1 aliphatic rings. The van der Waals surface area contributed by atoms with Gasteiger partial charge in [-0.1, -0.05) is 74.0 Å². The summed E-state index contributed by atoms with van der Waals surface area (Å²) in [5, 5.41) is 10.5. The molecule has 140 valence electrons. The molecule has 2 aromatic rings. The summed E-state index contributed by atoms with van der Waals surface area (Å²) in [5.74, 6) is -1.00. The van der Waals surface area contributed by atoms with E-state index in [4.69, 9.17) is 0 Å². The van der Waals surface area contributed by atoms with Crippen LogP contribution >= 0.6 is 0 Å². The zero-order valence-electron chi connectivity index (χ0n) is 15.6. The van der Waals surface area contributed by atoms with E-state index in [0.717, 1.165) is 24.0 Å². The number of hydrogen-bond donors (Lipinski definition) is 1. The highest BCUT2D eigenvalue weighted by Gasteiger charge is 2.42. The molecule has 1 N–H and O–H groups in total. The summed E-state index contributed by atoms with van der Waals surface area (Å²) in [6.07, 6.45) is 2.61. The van der Waals surface area contributed by atoms with Crippen molar-refractivity contribution in [3.63, 3.8) is 0 Å². The van der Waals surface area contributed by atoms with Crippen molar-refractivity contribution in [3.05, 3.63) is 83.1 Å². The largest absolute Gasteiger partial charge is 0.503 e. The van der Waals surface area contributed by atoms with E-state index in [2.05, 4.69) is 6.92 Å². The summed E-state index contributed by atoms with van der Waals surface area (Å²) >= 11 is 0. The number of benzene rings is 2. The van der Waals surface area contributed by atoms with E-state index in [1.807, 2.05) is 60.7 Å². The number of hydrogen-bond acceptors (Lipinski definition) is 3. The Morgan fingerprint density at radius 1 is 1.04 bits per heavy atom. The van der Waals surface area contributed by atoms with E-state index in [0.29, 0.717) is 13.0 Å². The molecule has 1 heterocycles. The lowest BCUT2D eigenvalue weighted by Gasteiger charge is -2.26. The second-order valence-electron chi connectivity index (χ2n) is 6.84. The van der Waals surface area contributed by atoms with E-state index in [-0.39, 0.29) is 17.8 Å². The highest BCUT2D eigenvalue weighted by Crippen LogP contribution is 2.38. The molecule has 2 aromatic carbocycles. The molecule has 0 bridgehead atoms. The van der Waals surface area contributed by atoms with Gasteiger partial charge < -0.3 is 10.0 Å². The molecule has 0 aliphatic carbocycles. The van der Waals surface area contributed by atoms with Crippen LogP contribution in [0, 0.1) is 0 Å². The van der Waals surface area contributed by atoms with Gasteiger partial charge in [0.2, 0.25) is 0 Å². The van der Waals surface area contributed by atoms with E-state index in [1.165, 1.54) is 0 Å². The number of unbranched alkanes of at least 4 members (excludes halogenated alkanes) is 1. The van der Waals surface area contributed by atoms with Gasteiger partial charge in [0.15, 0.2) is 11.5 Å². The Bertz CT molecular complexity index is 827. The number of carbonyl (C=O) groups excluding carboxylic acids is 2. The molecule has 0 radical (unpaired) electrons. The van der Waals surface area contributed by atoms with Gasteiger partial charge in [-0.2, -0.15) is 0 Å². The van der Waals surface area contributed by atoms with Gasteiger partial charge in [0, 0.05) is 13.0 Å². The standard InChI is InChI=1S/C23H25NO3/c1-2-3-16-24-21(18-12-8-5-9-13-18)20(22(26)23(24)27)19(25)15-14-17-10-6-4-7-11-17/h4-13,21,26H,2-3,14-16H2,1H3. The predicted octanol–water partition coefficient (Wildman–Crippen LogP) is 4.38. The molecule has 0 spiro atoms. The minimum Gasteiger partial charge on any atom is -0.503 e. The third-order valence-corrected chi connectivity index (χ3v) is 4.96. The Balaban J connectivity index is 1.87. The van der Waals surface area contributed by atoms with Crippen molar-refractivity contribution in [2.45, 2.75) is 38.6 Å². The lowest BCUT2D eigenvalue weighted by molar-refractivity contribution is -0.129. The number of aliphatic hydroxyl groups is 1. The van der Waals surface area contributed by atoms with Crippen LogP contribution in [0.4, 0.5) is 0 Å². The molecule has 27 heavy (non-hydrogen) atoms. The zero-order chi connectivity index (χ0) is 19.2. The van der Waals surface area contributed by atoms with E-state index >= 15 is 0 Å². The summed E-state index contributed by atoms with van der Waals surface area (Å²) in [7, 11) is 0. The molecule has 1 aliphatic heterocycles. The Labute approximate surface area is 160 Å². The first-order valence-electron chi connectivity index (χ1n) is 9.49. The van der Waals surface area contributed by atoms with Crippen molar-refractivity contribution in [1.82, 2.24) is 4.90 Å². The van der Waals surface area contributed by atoms with Crippen LogP contribution in [0.15, 0.2) is 72.0 Å². The molecule has 3 rings (SSSR count). The fraction of sp³-hybridized carbons (Fsp3) is 0.304. The average Bonchev–Trinajstić information content (AvgIpc) is 2.96. The maximum absolute atomic E-state index is 13.0. The van der Waals surface area contributed by atoms with Crippen LogP contribution in [0.3, 0.4) is 0 Å². The van der Waals surface area contributed by atoms with Gasteiger partial charge in [-0.25, -0.2) is 0 Å². The van der Waals surface area contributed by atoms with Crippen molar-refractivity contribution in [2.24, 2.45) is 0 Å². The number of Topliss-reactive ketones (excluding diaryl/α,β-unsaturated/α-hetero) is 1. The average molecular weight is 363 g/mol. The molecule has 0 fully saturated rings. The molecule has 0 saturated heterocycles. The normalized spacial score (nSPS) is 16.9. The SMILES string of the molecule is CCCCN1C(=O)C(O)=C(C(=O)CCc2ccccc2)C1c1ccccc1. The molecule has 0 aromatic heterocycles. The Morgan fingerprint density at radius 3 is 2.30 bits per heavy atom. The molecule has 0 saturated carbocycles. The summed E-state index contributed by atoms with van der Waals surface area (Å²) in [6, 6.07) is 18.7. The monoisotopic (exact) mass is 363 g/mol. The second kappa shape index (κ2) is 8.67. The van der Waals surface area contributed by atoms with Gasteiger partial charge in [-0.3, -0.25) is 9.59 Å². The molecule has 1 atom stereocenters. The molecule has 4 nitrogen and oxygen atoms in total. The predicted molar refractivity (Wildman–Crippen MR) is 105 cm³/mol. The molecule has 1 unspecified atom stereocenters. The number of carbonyl (C=O) groups is 2. The lowest BCUT2D eigenvalue weighted by atomic mass is 9.93. The summed E-state index contributed by atoms with van der Waals surface area (Å²) in [6.45, 7) is 2.58. The maximum Gasteiger partial charge on any atom is 0.290 e. The fourth-order valence-electron chi connectivity index (χ4n) is 3.52. The summed E-state index contributed by atoms with van der Waals surface area (Å²) < 4.78 is 0.